The van der Waals surface area contributed by atoms with Crippen molar-refractivity contribution in [2.45, 2.75) is 63.0 Å². The molecule has 42 heavy (non-hydrogen) atoms. The summed E-state index contributed by atoms with van der Waals surface area (Å²) in [6, 6.07) is 21.3. The molecule has 1 unspecified atom stereocenters. The minimum absolute atomic E-state index is 0.00756. The Bertz CT molecular complexity index is 1820. The maximum Gasteiger partial charge on any atom is 0.123 e. The van der Waals surface area contributed by atoms with Crippen molar-refractivity contribution in [3.05, 3.63) is 113 Å². The summed E-state index contributed by atoms with van der Waals surface area (Å²) in [5, 5.41) is 26.8. The molecule has 2 aromatic heterocycles. The summed E-state index contributed by atoms with van der Waals surface area (Å²) in [7, 11) is 0. The van der Waals surface area contributed by atoms with Crippen molar-refractivity contribution in [2.75, 3.05) is 10.6 Å². The quantitative estimate of drug-likeness (QED) is 0.182. The van der Waals surface area contributed by atoms with Crippen molar-refractivity contribution in [3.8, 4) is 6.07 Å². The van der Waals surface area contributed by atoms with Crippen LogP contribution >= 0.6 is 0 Å². The lowest BCUT2D eigenvalue weighted by molar-refractivity contribution is 0.610. The molecular weight excluding hydrogens is 525 g/mol. The predicted octanol–water partition coefficient (Wildman–Crippen LogP) is 7.81. The smallest absolute Gasteiger partial charge is 0.123 e. The number of anilines is 2. The summed E-state index contributed by atoms with van der Waals surface area (Å²) in [5.41, 5.74) is 5.93. The molecule has 0 spiro atoms. The number of pyridine rings is 1. The van der Waals surface area contributed by atoms with Crippen LogP contribution in [-0.2, 0) is 0 Å². The molecule has 2 aliphatic rings. The molecule has 0 saturated heterocycles. The first-order valence-electron chi connectivity index (χ1n) is 15.1. The molecule has 2 aliphatic carbocycles. The van der Waals surface area contributed by atoms with Crippen LogP contribution in [0.2, 0.25) is 0 Å². The first-order valence-corrected chi connectivity index (χ1v) is 14.6. The maximum atomic E-state index is 14.0. The Labute approximate surface area is 245 Å². The van der Waals surface area contributed by atoms with E-state index in [2.05, 4.69) is 52.1 Å². The van der Waals surface area contributed by atoms with Gasteiger partial charge < -0.3 is 10.6 Å². The third-order valence-electron chi connectivity index (χ3n) is 8.16. The molecule has 7 nitrogen and oxygen atoms in total. The first kappa shape index (κ1) is 25.0. The van der Waals surface area contributed by atoms with Crippen LogP contribution in [0.4, 0.5) is 15.8 Å². The van der Waals surface area contributed by atoms with E-state index in [0.29, 0.717) is 34.5 Å². The van der Waals surface area contributed by atoms with Gasteiger partial charge in [-0.1, -0.05) is 54.6 Å². The molecule has 2 atom stereocenters. The number of nitrogens with zero attached hydrogens (tertiary/aromatic N) is 5. The van der Waals surface area contributed by atoms with E-state index in [1.54, 1.807) is 18.3 Å². The van der Waals surface area contributed by atoms with Gasteiger partial charge in [-0.2, -0.15) is 5.26 Å². The molecule has 0 aliphatic heterocycles. The summed E-state index contributed by atoms with van der Waals surface area (Å²) in [5.74, 6) is -0.0143. The summed E-state index contributed by atoms with van der Waals surface area (Å²) in [6.45, 7) is 2.12. The highest BCUT2D eigenvalue weighted by Crippen LogP contribution is 2.46. The highest BCUT2D eigenvalue weighted by atomic mass is 19.1. The van der Waals surface area contributed by atoms with Crippen LogP contribution in [0.1, 0.15) is 92.4 Å². The fourth-order valence-corrected chi connectivity index (χ4v) is 5.58. The number of hydrogen-bond acceptors (Lipinski definition) is 6. The Kier molecular flexibility index (Phi) is 6.48. The van der Waals surface area contributed by atoms with Gasteiger partial charge in [0.25, 0.3) is 0 Å². The lowest BCUT2D eigenvalue weighted by Gasteiger charge is -2.23. The van der Waals surface area contributed by atoms with Gasteiger partial charge in [-0.05, 0) is 79.0 Å². The highest BCUT2D eigenvalue weighted by Gasteiger charge is 2.30. The monoisotopic (exact) mass is 558 g/mol. The summed E-state index contributed by atoms with van der Waals surface area (Å²) < 4.78 is 25.5. The van der Waals surface area contributed by atoms with E-state index >= 15 is 0 Å². The molecule has 0 amide bonds. The number of fused-ring (bicyclic) bond motifs is 1. The van der Waals surface area contributed by atoms with E-state index in [9.17, 15) is 11.0 Å². The van der Waals surface area contributed by atoms with E-state index in [4.69, 9.17) is 4.98 Å². The van der Waals surface area contributed by atoms with Gasteiger partial charge in [0.15, 0.2) is 0 Å². The zero-order chi connectivity index (χ0) is 29.6. The Hall–Kier alpha value is -4.77. The predicted molar refractivity (Wildman–Crippen MR) is 162 cm³/mol. The van der Waals surface area contributed by atoms with E-state index < -0.39 is 6.02 Å². The topological polar surface area (TPSA) is 91.5 Å². The molecule has 3 aromatic carbocycles. The van der Waals surface area contributed by atoms with Crippen LogP contribution in [0.5, 0.6) is 0 Å². The van der Waals surface area contributed by atoms with E-state index in [1.165, 1.54) is 12.1 Å². The number of nitrogens with one attached hydrogen (secondary N) is 2. The van der Waals surface area contributed by atoms with Crippen LogP contribution in [-0.4, -0.2) is 20.0 Å². The third kappa shape index (κ3) is 5.18. The van der Waals surface area contributed by atoms with E-state index in [1.807, 2.05) is 35.1 Å². The van der Waals surface area contributed by atoms with Crippen LogP contribution in [0.15, 0.2) is 79.1 Å². The fraction of sp³-hybridized carbons (Fsp3) is 0.294. The number of halogens is 1. The number of benzene rings is 3. The summed E-state index contributed by atoms with van der Waals surface area (Å²) in [4.78, 5) is 4.77. The van der Waals surface area contributed by atoms with Crippen molar-refractivity contribution >= 4 is 22.3 Å². The molecule has 7 rings (SSSR count). The second-order valence-corrected chi connectivity index (χ2v) is 11.2. The van der Waals surface area contributed by atoms with Gasteiger partial charge in [-0.25, -0.2) is 9.07 Å². The van der Waals surface area contributed by atoms with Crippen LogP contribution in [0.25, 0.3) is 10.9 Å². The van der Waals surface area contributed by atoms with Gasteiger partial charge in [-0.15, -0.1) is 5.10 Å². The number of hydrogen-bond donors (Lipinski definition) is 2. The molecule has 2 saturated carbocycles. The number of nitriles is 1. The molecule has 0 bridgehead atoms. The van der Waals surface area contributed by atoms with Crippen LogP contribution in [0, 0.1) is 17.1 Å². The maximum absolute atomic E-state index is 14.0. The third-order valence-corrected chi connectivity index (χ3v) is 8.16. The average Bonchev–Trinajstić information content (AvgIpc) is 3.98. The first-order chi connectivity index (χ1) is 21.0. The minimum atomic E-state index is -1.54. The molecule has 2 N–H and O–H groups in total. The van der Waals surface area contributed by atoms with Crippen LogP contribution < -0.4 is 10.6 Å². The van der Waals surface area contributed by atoms with Gasteiger partial charge in [0.05, 0.1) is 42.4 Å². The molecule has 0 radical (unpaired) electrons. The highest BCUT2D eigenvalue weighted by molar-refractivity contribution is 5.98. The normalized spacial score (nSPS) is 17.2. The molecular formula is C34H32FN7. The number of aromatic nitrogens is 4. The van der Waals surface area contributed by atoms with Crippen molar-refractivity contribution < 1.29 is 5.76 Å². The van der Waals surface area contributed by atoms with Crippen molar-refractivity contribution in [2.24, 2.45) is 0 Å². The number of rotatable bonds is 10. The van der Waals surface area contributed by atoms with Crippen molar-refractivity contribution in [1.82, 2.24) is 20.0 Å². The van der Waals surface area contributed by atoms with Gasteiger partial charge in [0, 0.05) is 17.3 Å². The Morgan fingerprint density at radius 2 is 1.83 bits per heavy atom. The Balaban J connectivity index is 1.37. The second kappa shape index (κ2) is 10.9. The SMILES string of the molecule is [2H]C(Nc1cc(C2CC2)c2ncc(C#N)c(N[C@H](CC)c3ccccc3)c2c1)(c1ccc(F)cc1)c1cn(C2CC2)nn1. The molecule has 2 heterocycles. The fourth-order valence-electron chi connectivity index (χ4n) is 5.58. The van der Waals surface area contributed by atoms with Crippen molar-refractivity contribution in [1.29, 1.82) is 5.26 Å². The van der Waals surface area contributed by atoms with Crippen molar-refractivity contribution in [3.63, 3.8) is 0 Å². The Morgan fingerprint density at radius 1 is 1.05 bits per heavy atom. The molecule has 8 heteroatoms. The molecule has 5 aromatic rings. The molecule has 210 valence electrons. The summed E-state index contributed by atoms with van der Waals surface area (Å²) in [6.07, 6.45) is 8.50. The van der Waals surface area contributed by atoms with Gasteiger partial charge in [-0.3, -0.25) is 4.98 Å². The second-order valence-electron chi connectivity index (χ2n) is 11.2. The standard InChI is InChI=1S/C34H32FN7/c1-2-30(22-6-4-3-5-7-22)39-32-24(18-36)19-37-34-28(21-8-9-21)16-26(17-29(32)34)38-33(23-10-12-25(35)13-11-23)31-20-42(41-40-31)27-14-15-27/h3-7,10-13,16-17,19-21,27,30,33,38H,2,8-9,14-15H2,1H3,(H,37,39)/t30-,33?/m1/s1/i33D. The lowest BCUT2D eigenvalue weighted by atomic mass is 9.98. The zero-order valence-electron chi connectivity index (χ0n) is 24.4. The minimum Gasteiger partial charge on any atom is -0.377 e. The van der Waals surface area contributed by atoms with Crippen LogP contribution in [0.3, 0.4) is 0 Å². The van der Waals surface area contributed by atoms with E-state index in [0.717, 1.165) is 59.8 Å². The lowest BCUT2D eigenvalue weighted by Crippen LogP contribution is -2.14. The Morgan fingerprint density at radius 3 is 2.52 bits per heavy atom. The van der Waals surface area contributed by atoms with Gasteiger partial charge in [0.1, 0.15) is 17.6 Å². The average molecular weight is 559 g/mol. The summed E-state index contributed by atoms with van der Waals surface area (Å²) >= 11 is 0. The van der Waals surface area contributed by atoms with E-state index in [-0.39, 0.29) is 11.9 Å². The zero-order valence-corrected chi connectivity index (χ0v) is 23.4. The van der Waals surface area contributed by atoms with Gasteiger partial charge in [0.2, 0.25) is 0 Å². The van der Waals surface area contributed by atoms with Gasteiger partial charge >= 0.3 is 0 Å². The largest absolute Gasteiger partial charge is 0.377 e. The molecule has 2 fully saturated rings.